The van der Waals surface area contributed by atoms with E-state index in [9.17, 15) is 13.2 Å². The SMILES string of the molecule is CC(=O)NCc1ccc(S(=O)(=O)NCc2nn[nH]n2)cc1. The molecule has 0 radical (unpaired) electrons. The zero-order chi connectivity index (χ0) is 15.3. The number of aromatic amines is 1. The second kappa shape index (κ2) is 6.41. The van der Waals surface area contributed by atoms with Crippen molar-refractivity contribution in [3.05, 3.63) is 35.7 Å². The van der Waals surface area contributed by atoms with Crippen molar-refractivity contribution in [2.75, 3.05) is 0 Å². The Kier molecular flexibility index (Phi) is 4.60. The topological polar surface area (TPSA) is 130 Å². The molecular formula is C11H14N6O3S. The van der Waals surface area contributed by atoms with Crippen LogP contribution in [0.4, 0.5) is 0 Å². The largest absolute Gasteiger partial charge is 0.352 e. The van der Waals surface area contributed by atoms with Crippen LogP contribution in [-0.4, -0.2) is 34.9 Å². The molecule has 2 aromatic rings. The lowest BCUT2D eigenvalue weighted by Gasteiger charge is -2.06. The van der Waals surface area contributed by atoms with Crippen LogP contribution in [-0.2, 0) is 27.9 Å². The number of carbonyl (C=O) groups excluding carboxylic acids is 1. The van der Waals surface area contributed by atoms with Gasteiger partial charge in [-0.1, -0.05) is 17.3 Å². The van der Waals surface area contributed by atoms with Crippen molar-refractivity contribution >= 4 is 15.9 Å². The van der Waals surface area contributed by atoms with Crippen LogP contribution in [0.3, 0.4) is 0 Å². The molecule has 0 saturated carbocycles. The van der Waals surface area contributed by atoms with E-state index in [0.29, 0.717) is 6.54 Å². The number of amides is 1. The summed E-state index contributed by atoms with van der Waals surface area (Å²) in [6.45, 7) is 1.72. The number of rotatable bonds is 6. The summed E-state index contributed by atoms with van der Waals surface area (Å²) < 4.78 is 26.4. The molecule has 0 aliphatic rings. The van der Waals surface area contributed by atoms with Crippen LogP contribution in [0, 0.1) is 0 Å². The number of tetrazole rings is 1. The fraction of sp³-hybridized carbons (Fsp3) is 0.273. The monoisotopic (exact) mass is 310 g/mol. The normalized spacial score (nSPS) is 11.3. The van der Waals surface area contributed by atoms with Crippen molar-refractivity contribution in [3.8, 4) is 0 Å². The maximum Gasteiger partial charge on any atom is 0.240 e. The first kappa shape index (κ1) is 15.1. The van der Waals surface area contributed by atoms with Gasteiger partial charge in [0.1, 0.15) is 0 Å². The van der Waals surface area contributed by atoms with Crippen LogP contribution in [0.5, 0.6) is 0 Å². The lowest BCUT2D eigenvalue weighted by Crippen LogP contribution is -2.24. The molecule has 0 aliphatic heterocycles. The van der Waals surface area contributed by atoms with Crippen LogP contribution >= 0.6 is 0 Å². The van der Waals surface area contributed by atoms with Gasteiger partial charge in [-0.05, 0) is 17.7 Å². The second-order valence-electron chi connectivity index (χ2n) is 4.21. The Morgan fingerprint density at radius 3 is 2.52 bits per heavy atom. The standard InChI is InChI=1S/C11H14N6O3S/c1-8(18)12-6-9-2-4-10(5-3-9)21(19,20)13-7-11-14-16-17-15-11/h2-5,13H,6-7H2,1H3,(H,12,18)(H,14,15,16,17). The number of nitrogens with zero attached hydrogens (tertiary/aromatic N) is 3. The number of hydrogen-bond acceptors (Lipinski definition) is 6. The van der Waals surface area contributed by atoms with E-state index in [-0.39, 0.29) is 23.2 Å². The van der Waals surface area contributed by atoms with E-state index in [0.717, 1.165) is 5.56 Å². The van der Waals surface area contributed by atoms with Crippen LogP contribution in [0.2, 0.25) is 0 Å². The first-order valence-corrected chi connectivity index (χ1v) is 7.51. The lowest BCUT2D eigenvalue weighted by molar-refractivity contribution is -0.119. The highest BCUT2D eigenvalue weighted by Gasteiger charge is 2.14. The number of carbonyl (C=O) groups is 1. The zero-order valence-corrected chi connectivity index (χ0v) is 12.0. The Hall–Kier alpha value is -2.33. The molecule has 1 aromatic carbocycles. The molecule has 9 nitrogen and oxygen atoms in total. The van der Waals surface area contributed by atoms with Gasteiger partial charge in [0, 0.05) is 13.5 Å². The Labute approximate surface area is 121 Å². The molecule has 112 valence electrons. The van der Waals surface area contributed by atoms with Crippen molar-refractivity contribution < 1.29 is 13.2 Å². The van der Waals surface area contributed by atoms with Crippen LogP contribution in [0.15, 0.2) is 29.2 Å². The second-order valence-corrected chi connectivity index (χ2v) is 5.97. The molecule has 0 fully saturated rings. The van der Waals surface area contributed by atoms with Crippen molar-refractivity contribution in [1.82, 2.24) is 30.7 Å². The molecule has 1 amide bonds. The Morgan fingerprint density at radius 2 is 1.95 bits per heavy atom. The van der Waals surface area contributed by atoms with E-state index in [4.69, 9.17) is 0 Å². The third kappa shape index (κ3) is 4.33. The summed E-state index contributed by atoms with van der Waals surface area (Å²) in [7, 11) is -3.64. The minimum atomic E-state index is -3.64. The van der Waals surface area contributed by atoms with Gasteiger partial charge in [-0.15, -0.1) is 10.2 Å². The molecule has 0 aliphatic carbocycles. The number of benzene rings is 1. The molecule has 0 spiro atoms. The predicted octanol–water partition coefficient (Wildman–Crippen LogP) is -0.686. The summed E-state index contributed by atoms with van der Waals surface area (Å²) >= 11 is 0. The molecule has 10 heteroatoms. The van der Waals surface area contributed by atoms with Gasteiger partial charge in [0.05, 0.1) is 11.4 Å². The average molecular weight is 310 g/mol. The van der Waals surface area contributed by atoms with Gasteiger partial charge in [0.2, 0.25) is 15.9 Å². The Balaban J connectivity index is 2.01. The Morgan fingerprint density at radius 1 is 1.24 bits per heavy atom. The van der Waals surface area contributed by atoms with E-state index < -0.39 is 10.0 Å². The van der Waals surface area contributed by atoms with Gasteiger partial charge >= 0.3 is 0 Å². The highest BCUT2D eigenvalue weighted by Crippen LogP contribution is 2.10. The number of hydrogen-bond donors (Lipinski definition) is 3. The van der Waals surface area contributed by atoms with Gasteiger partial charge in [-0.25, -0.2) is 13.1 Å². The van der Waals surface area contributed by atoms with Gasteiger partial charge in [-0.2, -0.15) is 5.21 Å². The van der Waals surface area contributed by atoms with E-state index >= 15 is 0 Å². The molecule has 1 aromatic heterocycles. The fourth-order valence-electron chi connectivity index (χ4n) is 1.51. The van der Waals surface area contributed by atoms with Gasteiger partial charge in [-0.3, -0.25) is 4.79 Å². The molecule has 0 unspecified atom stereocenters. The number of aromatic nitrogens is 4. The predicted molar refractivity (Wildman–Crippen MR) is 72.2 cm³/mol. The number of nitrogens with one attached hydrogen (secondary N) is 3. The summed E-state index contributed by atoms with van der Waals surface area (Å²) in [5.74, 6) is 0.106. The summed E-state index contributed by atoms with van der Waals surface area (Å²) in [6.07, 6.45) is 0. The third-order valence-electron chi connectivity index (χ3n) is 2.58. The summed E-state index contributed by atoms with van der Waals surface area (Å²) in [6, 6.07) is 6.21. The molecule has 0 bridgehead atoms. The minimum absolute atomic E-state index is 0.0491. The quantitative estimate of drug-likeness (QED) is 0.648. The van der Waals surface area contributed by atoms with Crippen LogP contribution in [0.25, 0.3) is 0 Å². The fourth-order valence-corrected chi connectivity index (χ4v) is 2.49. The van der Waals surface area contributed by atoms with Crippen molar-refractivity contribution in [2.24, 2.45) is 0 Å². The van der Waals surface area contributed by atoms with E-state index in [2.05, 4.69) is 30.7 Å². The summed E-state index contributed by atoms with van der Waals surface area (Å²) in [5.41, 5.74) is 0.808. The Bertz CT molecular complexity index is 696. The van der Waals surface area contributed by atoms with Gasteiger partial charge in [0.15, 0.2) is 5.82 Å². The highest BCUT2D eigenvalue weighted by atomic mass is 32.2. The van der Waals surface area contributed by atoms with Gasteiger partial charge in [0.25, 0.3) is 0 Å². The molecule has 1 heterocycles. The first-order chi connectivity index (χ1) is 9.97. The maximum absolute atomic E-state index is 12.0. The minimum Gasteiger partial charge on any atom is -0.352 e. The molecule has 2 rings (SSSR count). The number of sulfonamides is 1. The van der Waals surface area contributed by atoms with Crippen molar-refractivity contribution in [3.63, 3.8) is 0 Å². The molecule has 3 N–H and O–H groups in total. The maximum atomic E-state index is 12.0. The first-order valence-electron chi connectivity index (χ1n) is 6.03. The molecular weight excluding hydrogens is 296 g/mol. The van der Waals surface area contributed by atoms with E-state index in [1.54, 1.807) is 12.1 Å². The average Bonchev–Trinajstić information content (AvgIpc) is 2.97. The van der Waals surface area contributed by atoms with Crippen molar-refractivity contribution in [1.29, 1.82) is 0 Å². The zero-order valence-electron chi connectivity index (χ0n) is 11.2. The van der Waals surface area contributed by atoms with E-state index in [1.165, 1.54) is 19.1 Å². The molecule has 0 atom stereocenters. The molecule has 0 saturated heterocycles. The van der Waals surface area contributed by atoms with E-state index in [1.807, 2.05) is 0 Å². The highest BCUT2D eigenvalue weighted by molar-refractivity contribution is 7.89. The smallest absolute Gasteiger partial charge is 0.240 e. The van der Waals surface area contributed by atoms with Crippen LogP contribution < -0.4 is 10.0 Å². The number of H-pyrrole nitrogens is 1. The van der Waals surface area contributed by atoms with Crippen molar-refractivity contribution in [2.45, 2.75) is 24.9 Å². The molecule has 21 heavy (non-hydrogen) atoms. The summed E-state index contributed by atoms with van der Waals surface area (Å²) in [5, 5.41) is 15.5. The lowest BCUT2D eigenvalue weighted by atomic mass is 10.2. The summed E-state index contributed by atoms with van der Waals surface area (Å²) in [4.78, 5) is 10.9. The van der Waals surface area contributed by atoms with Gasteiger partial charge < -0.3 is 5.32 Å². The third-order valence-corrected chi connectivity index (χ3v) is 4.00. The van der Waals surface area contributed by atoms with Crippen LogP contribution in [0.1, 0.15) is 18.3 Å².